The Morgan fingerprint density at radius 3 is 2.70 bits per heavy atom. The van der Waals surface area contributed by atoms with Crippen LogP contribution in [0.1, 0.15) is 40.9 Å². The maximum absolute atomic E-state index is 13.6. The molecule has 4 aliphatic rings. The number of hydrogen-bond donors (Lipinski definition) is 2. The summed E-state index contributed by atoms with van der Waals surface area (Å²) in [5.74, 6) is 1.33. The fourth-order valence-electron chi connectivity index (χ4n) is 5.56. The zero-order valence-corrected chi connectivity index (χ0v) is 25.3. The minimum absolute atomic E-state index is 0.00215. The molecule has 3 aromatic rings. The van der Waals surface area contributed by atoms with Crippen molar-refractivity contribution < 1.29 is 27.5 Å². The largest absolute Gasteiger partial charge is 0.378 e. The molecule has 2 amide bonds. The number of carbonyl (C=O) groups excluding carboxylic acids is 2. The van der Waals surface area contributed by atoms with Crippen molar-refractivity contribution in [1.29, 1.82) is 0 Å². The van der Waals surface area contributed by atoms with Gasteiger partial charge in [-0.1, -0.05) is 30.2 Å². The molecule has 3 aliphatic heterocycles. The number of anilines is 3. The Balaban J connectivity index is 1.19. The van der Waals surface area contributed by atoms with Gasteiger partial charge < -0.3 is 19.7 Å². The molecular weight excluding hydrogens is 592 g/mol. The van der Waals surface area contributed by atoms with Gasteiger partial charge in [0.2, 0.25) is 10.0 Å². The summed E-state index contributed by atoms with van der Waals surface area (Å²) in [7, 11) is -3.99. The molecule has 0 atom stereocenters. The van der Waals surface area contributed by atoms with E-state index in [-0.39, 0.29) is 34.9 Å². The lowest BCUT2D eigenvalue weighted by Gasteiger charge is -2.27. The number of amides is 2. The van der Waals surface area contributed by atoms with Crippen LogP contribution in [0, 0.1) is 12.8 Å². The number of nitrogens with one attached hydrogen (secondary N) is 2. The monoisotopic (exact) mass is 624 g/mol. The van der Waals surface area contributed by atoms with Crippen LogP contribution in [0.15, 0.2) is 35.2 Å². The van der Waals surface area contributed by atoms with Crippen molar-refractivity contribution in [3.8, 4) is 10.4 Å². The highest BCUT2D eigenvalue weighted by atomic mass is 32.2. The van der Waals surface area contributed by atoms with Gasteiger partial charge in [0.25, 0.3) is 11.8 Å². The summed E-state index contributed by atoms with van der Waals surface area (Å²) in [5.41, 5.74) is 2.36. The maximum atomic E-state index is 13.6. The first kappa shape index (κ1) is 28.3. The summed E-state index contributed by atoms with van der Waals surface area (Å²) in [5, 5.41) is 3.81. The van der Waals surface area contributed by atoms with Crippen molar-refractivity contribution in [3.63, 3.8) is 0 Å². The topological polar surface area (TPSA) is 143 Å². The number of hydrogen-bond acceptors (Lipinski definition) is 10. The van der Waals surface area contributed by atoms with Gasteiger partial charge in [0.1, 0.15) is 18.2 Å². The van der Waals surface area contributed by atoms with E-state index < -0.39 is 10.0 Å². The van der Waals surface area contributed by atoms with Crippen LogP contribution in [-0.2, 0) is 30.8 Å². The lowest BCUT2D eigenvalue weighted by molar-refractivity contribution is -0.125. The molecule has 2 N–H and O–H groups in total. The molecule has 43 heavy (non-hydrogen) atoms. The predicted molar refractivity (Wildman–Crippen MR) is 160 cm³/mol. The van der Waals surface area contributed by atoms with Crippen LogP contribution in [-0.4, -0.2) is 80.7 Å². The van der Waals surface area contributed by atoms with E-state index in [9.17, 15) is 18.0 Å². The molecule has 1 saturated carbocycles. The van der Waals surface area contributed by atoms with Crippen LogP contribution in [0.3, 0.4) is 0 Å². The van der Waals surface area contributed by atoms with Gasteiger partial charge in [-0.2, -0.15) is 0 Å². The predicted octanol–water partition coefficient (Wildman–Crippen LogP) is 3.05. The van der Waals surface area contributed by atoms with E-state index in [1.54, 1.807) is 28.0 Å². The number of sulfonamides is 1. The zero-order chi connectivity index (χ0) is 29.7. The summed E-state index contributed by atoms with van der Waals surface area (Å²) in [6, 6.07) is 8.59. The second-order valence-corrected chi connectivity index (χ2v) is 14.0. The minimum Gasteiger partial charge on any atom is -0.378 e. The van der Waals surface area contributed by atoms with Crippen LogP contribution in [0.2, 0.25) is 0 Å². The molecular formula is C29H32N6O6S2. The second kappa shape index (κ2) is 11.2. The van der Waals surface area contributed by atoms with Gasteiger partial charge in [-0.3, -0.25) is 14.5 Å². The summed E-state index contributed by atoms with van der Waals surface area (Å²) in [6.45, 7) is 4.39. The number of ether oxygens (including phenoxy) is 2. The van der Waals surface area contributed by atoms with Crippen LogP contribution in [0.5, 0.6) is 0 Å². The minimum atomic E-state index is -3.99. The number of nitrogens with zero attached hydrogens (tertiary/aromatic N) is 4. The quantitative estimate of drug-likeness (QED) is 0.348. The standard InChI is InChI=1S/C29H32N6O6S2/c1-17-27(42-29(30-17)32-23-3-2-4-24(31-23)35-9-10-40-16-25(35)36)19-11-20-13-34(8-7-18-5-6-18)28(37)26(20)22(12-19)43(38,39)33-21-14-41-15-21/h2-4,11-12,18,21,33H,5-10,13-16H2,1H3,(H,30,31,32). The number of carbonyl (C=O) groups is 2. The van der Waals surface area contributed by atoms with Crippen LogP contribution < -0.4 is 14.9 Å². The highest BCUT2D eigenvalue weighted by Gasteiger charge is 2.37. The smallest absolute Gasteiger partial charge is 0.255 e. The number of pyridine rings is 1. The Morgan fingerprint density at radius 2 is 1.95 bits per heavy atom. The molecule has 14 heteroatoms. The number of aryl methyl sites for hydroxylation is 1. The fraction of sp³-hybridized carbons (Fsp3) is 0.448. The van der Waals surface area contributed by atoms with E-state index in [2.05, 4.69) is 20.0 Å². The Morgan fingerprint density at radius 1 is 1.12 bits per heavy atom. The molecule has 5 heterocycles. The lowest BCUT2D eigenvalue weighted by atomic mass is 10.0. The Kier molecular flexibility index (Phi) is 7.42. The Hall–Kier alpha value is -3.43. The molecule has 0 bridgehead atoms. The van der Waals surface area contributed by atoms with E-state index in [0.717, 1.165) is 11.3 Å². The first-order valence-corrected chi connectivity index (χ1v) is 16.7. The third-order valence-corrected chi connectivity index (χ3v) is 10.8. The van der Waals surface area contributed by atoms with Gasteiger partial charge in [-0.25, -0.2) is 23.1 Å². The molecule has 1 aromatic carbocycles. The molecule has 12 nitrogen and oxygen atoms in total. The summed E-state index contributed by atoms with van der Waals surface area (Å²) in [4.78, 5) is 39.2. The van der Waals surface area contributed by atoms with Gasteiger partial charge in [0.05, 0.1) is 53.4 Å². The molecule has 2 saturated heterocycles. The van der Waals surface area contributed by atoms with E-state index >= 15 is 0 Å². The number of rotatable bonds is 10. The molecule has 7 rings (SSSR count). The molecule has 0 unspecified atom stereocenters. The second-order valence-electron chi connectivity index (χ2n) is 11.4. The van der Waals surface area contributed by atoms with Crippen LogP contribution in [0.25, 0.3) is 10.4 Å². The third-order valence-electron chi connectivity index (χ3n) is 8.09. The van der Waals surface area contributed by atoms with E-state index in [0.29, 0.717) is 79.0 Å². The van der Waals surface area contributed by atoms with Crippen molar-refractivity contribution in [1.82, 2.24) is 19.6 Å². The van der Waals surface area contributed by atoms with Crippen LogP contribution in [0.4, 0.5) is 16.8 Å². The molecule has 3 fully saturated rings. The number of aromatic nitrogens is 2. The average Bonchev–Trinajstić information content (AvgIpc) is 3.65. The molecule has 226 valence electrons. The zero-order valence-electron chi connectivity index (χ0n) is 23.7. The van der Waals surface area contributed by atoms with Gasteiger partial charge in [0, 0.05) is 13.1 Å². The van der Waals surface area contributed by atoms with Crippen molar-refractivity contribution in [3.05, 3.63) is 47.2 Å². The summed E-state index contributed by atoms with van der Waals surface area (Å²) >= 11 is 1.37. The third kappa shape index (κ3) is 5.77. The first-order chi connectivity index (χ1) is 20.7. The SMILES string of the molecule is Cc1nc(Nc2cccc(N3CCOCC3=O)n2)sc1-c1cc2c(c(S(=O)(=O)NC3COC3)c1)C(=O)N(CCC1CC1)C2. The average molecular weight is 625 g/mol. The normalized spacial score (nSPS) is 19.1. The number of morpholine rings is 1. The van der Waals surface area contributed by atoms with Crippen molar-refractivity contribution in [2.45, 2.75) is 43.7 Å². The molecule has 2 aromatic heterocycles. The van der Waals surface area contributed by atoms with Crippen LogP contribution >= 0.6 is 11.3 Å². The maximum Gasteiger partial charge on any atom is 0.255 e. The lowest BCUT2D eigenvalue weighted by Crippen LogP contribution is -2.48. The van der Waals surface area contributed by atoms with Crippen molar-refractivity contribution >= 4 is 49.9 Å². The molecule has 1 aliphatic carbocycles. The van der Waals surface area contributed by atoms with Gasteiger partial charge in [-0.15, -0.1) is 0 Å². The number of fused-ring (bicyclic) bond motifs is 1. The van der Waals surface area contributed by atoms with Gasteiger partial charge >= 0.3 is 0 Å². The Labute approximate surface area is 253 Å². The highest BCUT2D eigenvalue weighted by molar-refractivity contribution is 7.89. The number of thiazole rings is 1. The summed E-state index contributed by atoms with van der Waals surface area (Å²) in [6.07, 6.45) is 3.32. The highest BCUT2D eigenvalue weighted by Crippen LogP contribution is 2.40. The van der Waals surface area contributed by atoms with Crippen molar-refractivity contribution in [2.75, 3.05) is 49.7 Å². The van der Waals surface area contributed by atoms with E-state index in [1.165, 1.54) is 24.2 Å². The van der Waals surface area contributed by atoms with E-state index in [4.69, 9.17) is 9.47 Å². The molecule has 0 radical (unpaired) electrons. The first-order valence-electron chi connectivity index (χ1n) is 14.4. The van der Waals surface area contributed by atoms with Gasteiger partial charge in [-0.05, 0) is 54.7 Å². The Bertz CT molecular complexity index is 1700. The fourth-order valence-corrected chi connectivity index (χ4v) is 7.99. The van der Waals surface area contributed by atoms with E-state index in [1.807, 2.05) is 19.1 Å². The molecule has 0 spiro atoms. The van der Waals surface area contributed by atoms with Crippen molar-refractivity contribution in [2.24, 2.45) is 5.92 Å². The number of benzene rings is 1. The summed E-state index contributed by atoms with van der Waals surface area (Å²) < 4.78 is 40.3. The van der Waals surface area contributed by atoms with Gasteiger partial charge in [0.15, 0.2) is 5.13 Å².